The average Bonchev–Trinajstić information content (AvgIpc) is 3.45. The molecule has 2 amide bonds. The fourth-order valence-electron chi connectivity index (χ4n) is 7.49. The molecule has 1 heterocycles. The molecule has 2 bridgehead atoms. The van der Waals surface area contributed by atoms with Crippen molar-refractivity contribution in [1.29, 1.82) is 0 Å². The van der Waals surface area contributed by atoms with Crippen molar-refractivity contribution >= 4 is 51.7 Å². The number of imidazole rings is 1. The Morgan fingerprint density at radius 1 is 0.875 bits per heavy atom. The first kappa shape index (κ1) is 25.6. The molecule has 8 heteroatoms. The molecule has 3 aliphatic rings. The van der Waals surface area contributed by atoms with Crippen LogP contribution in [0.5, 0.6) is 0 Å². The highest BCUT2D eigenvalue weighted by Gasteiger charge is 2.53. The second-order valence-electron chi connectivity index (χ2n) is 12.2. The molecular weight excluding hydrogens is 543 g/mol. The van der Waals surface area contributed by atoms with Crippen LogP contribution in [0, 0.1) is 23.7 Å². The maximum Gasteiger partial charge on any atom is 0.255 e. The van der Waals surface area contributed by atoms with Crippen LogP contribution < -0.4 is 10.6 Å². The third-order valence-corrected chi connectivity index (χ3v) is 10.0. The molecule has 0 aliphatic heterocycles. The fourth-order valence-corrected chi connectivity index (χ4v) is 7.78. The fraction of sp³-hybridized carbons (Fsp3) is 0.344. The van der Waals surface area contributed by atoms with Gasteiger partial charge in [0.15, 0.2) is 0 Å². The van der Waals surface area contributed by atoms with Crippen LogP contribution in [0.4, 0.5) is 5.69 Å². The van der Waals surface area contributed by atoms with Crippen LogP contribution in [0.1, 0.15) is 59.7 Å². The lowest BCUT2D eigenvalue weighted by molar-refractivity contribution is 0.0570. The number of halogens is 2. The van der Waals surface area contributed by atoms with Crippen LogP contribution in [0.3, 0.4) is 0 Å². The SMILES string of the molecule is CC1(NC(=O)c2ccc(-c3nc4ccc(NC(=O)c5ccc(Cl)c(Cl)c5)cc4[nH]3)cc2)C[C@@H]2CC3[C@H](C2)C[C@H]3C1. The number of hydrogen-bond donors (Lipinski definition) is 3. The van der Waals surface area contributed by atoms with Gasteiger partial charge in [0.25, 0.3) is 11.8 Å². The molecular formula is C32H30Cl2N4O2. The van der Waals surface area contributed by atoms with Gasteiger partial charge in [0.05, 0.1) is 21.1 Å². The first-order valence-electron chi connectivity index (χ1n) is 13.9. The number of hydrogen-bond acceptors (Lipinski definition) is 3. The number of benzene rings is 3. The van der Waals surface area contributed by atoms with Crippen LogP contribution in [-0.4, -0.2) is 27.3 Å². The summed E-state index contributed by atoms with van der Waals surface area (Å²) < 4.78 is 0. The lowest BCUT2D eigenvalue weighted by atomic mass is 9.62. The van der Waals surface area contributed by atoms with E-state index in [4.69, 9.17) is 28.2 Å². The van der Waals surface area contributed by atoms with Crippen molar-refractivity contribution in [2.24, 2.45) is 23.7 Å². The van der Waals surface area contributed by atoms with Crippen LogP contribution in [0.25, 0.3) is 22.4 Å². The maximum absolute atomic E-state index is 13.2. The predicted molar refractivity (Wildman–Crippen MR) is 159 cm³/mol. The van der Waals surface area contributed by atoms with E-state index in [2.05, 4.69) is 22.5 Å². The van der Waals surface area contributed by atoms with E-state index in [1.54, 1.807) is 24.3 Å². The molecule has 3 saturated carbocycles. The van der Waals surface area contributed by atoms with Gasteiger partial charge in [-0.05, 0) is 111 Å². The number of nitrogens with zero attached hydrogens (tertiary/aromatic N) is 1. The van der Waals surface area contributed by atoms with Gasteiger partial charge in [-0.15, -0.1) is 0 Å². The molecule has 3 aromatic carbocycles. The van der Waals surface area contributed by atoms with Crippen LogP contribution in [-0.2, 0) is 0 Å². The number of nitrogens with one attached hydrogen (secondary N) is 3. The second kappa shape index (κ2) is 9.64. The molecule has 3 aliphatic carbocycles. The Morgan fingerprint density at radius 3 is 2.48 bits per heavy atom. The number of aromatic nitrogens is 2. The average molecular weight is 574 g/mol. The normalized spacial score (nSPS) is 26.7. The maximum atomic E-state index is 13.2. The number of carbonyl (C=O) groups is 2. The molecule has 3 N–H and O–H groups in total. The zero-order chi connectivity index (χ0) is 27.6. The van der Waals surface area contributed by atoms with E-state index in [1.807, 2.05) is 36.4 Å². The summed E-state index contributed by atoms with van der Waals surface area (Å²) in [4.78, 5) is 33.9. The molecule has 0 radical (unpaired) electrons. The Labute approximate surface area is 242 Å². The van der Waals surface area contributed by atoms with Crippen molar-refractivity contribution in [3.8, 4) is 11.4 Å². The van der Waals surface area contributed by atoms with E-state index < -0.39 is 0 Å². The molecule has 0 spiro atoms. The lowest BCUT2D eigenvalue weighted by Gasteiger charge is -2.46. The van der Waals surface area contributed by atoms with E-state index in [9.17, 15) is 9.59 Å². The molecule has 1 aromatic heterocycles. The van der Waals surface area contributed by atoms with E-state index in [1.165, 1.54) is 19.3 Å². The third kappa shape index (κ3) is 4.67. The summed E-state index contributed by atoms with van der Waals surface area (Å²) in [6.45, 7) is 2.24. The molecule has 204 valence electrons. The first-order valence-corrected chi connectivity index (χ1v) is 14.7. The number of H-pyrrole nitrogens is 1. The smallest absolute Gasteiger partial charge is 0.255 e. The molecule has 3 fully saturated rings. The Bertz CT molecular complexity index is 1640. The van der Waals surface area contributed by atoms with Gasteiger partial charge >= 0.3 is 0 Å². The van der Waals surface area contributed by atoms with Gasteiger partial charge in [-0.1, -0.05) is 35.3 Å². The summed E-state index contributed by atoms with van der Waals surface area (Å²) in [5, 5.41) is 7.01. The van der Waals surface area contributed by atoms with Crippen molar-refractivity contribution in [3.05, 3.63) is 81.8 Å². The summed E-state index contributed by atoms with van der Waals surface area (Å²) in [6, 6.07) is 17.8. The Morgan fingerprint density at radius 2 is 1.68 bits per heavy atom. The zero-order valence-corrected chi connectivity index (χ0v) is 23.6. The van der Waals surface area contributed by atoms with Crippen molar-refractivity contribution < 1.29 is 9.59 Å². The summed E-state index contributed by atoms with van der Waals surface area (Å²) in [6.07, 6.45) is 6.25. The molecule has 2 unspecified atom stereocenters. The molecule has 7 rings (SSSR count). The predicted octanol–water partition coefficient (Wildman–Crippen LogP) is 7.73. The second-order valence-corrected chi connectivity index (χ2v) is 13.0. The van der Waals surface area contributed by atoms with Crippen LogP contribution >= 0.6 is 23.2 Å². The highest BCUT2D eigenvalue weighted by atomic mass is 35.5. The minimum atomic E-state index is -0.284. The minimum Gasteiger partial charge on any atom is -0.347 e. The topological polar surface area (TPSA) is 86.9 Å². The largest absolute Gasteiger partial charge is 0.347 e. The van der Waals surface area contributed by atoms with Crippen LogP contribution in [0.15, 0.2) is 60.7 Å². The first-order chi connectivity index (χ1) is 19.2. The van der Waals surface area contributed by atoms with Gasteiger partial charge in [0.1, 0.15) is 5.82 Å². The zero-order valence-electron chi connectivity index (χ0n) is 22.1. The van der Waals surface area contributed by atoms with Crippen molar-refractivity contribution in [3.63, 3.8) is 0 Å². The number of rotatable bonds is 5. The summed E-state index contributed by atoms with van der Waals surface area (Å²) >= 11 is 12.0. The molecule has 0 saturated heterocycles. The number of aromatic amines is 1. The Hall–Kier alpha value is -3.35. The van der Waals surface area contributed by atoms with Crippen molar-refractivity contribution in [2.45, 2.75) is 44.6 Å². The van der Waals surface area contributed by atoms with Gasteiger partial charge in [-0.25, -0.2) is 4.98 Å². The van der Waals surface area contributed by atoms with E-state index >= 15 is 0 Å². The molecule has 6 nitrogen and oxygen atoms in total. The Kier molecular flexibility index (Phi) is 6.17. The summed E-state index contributed by atoms with van der Waals surface area (Å²) in [7, 11) is 0. The molecule has 4 aromatic rings. The van der Waals surface area contributed by atoms with Gasteiger partial charge in [-0.2, -0.15) is 0 Å². The van der Waals surface area contributed by atoms with Crippen LogP contribution in [0.2, 0.25) is 10.0 Å². The van der Waals surface area contributed by atoms with Crippen molar-refractivity contribution in [1.82, 2.24) is 15.3 Å². The van der Waals surface area contributed by atoms with E-state index in [0.717, 1.165) is 53.1 Å². The monoisotopic (exact) mass is 572 g/mol. The number of amides is 2. The highest BCUT2D eigenvalue weighted by molar-refractivity contribution is 6.42. The van der Waals surface area contributed by atoms with Gasteiger partial charge < -0.3 is 15.6 Å². The minimum absolute atomic E-state index is 0.00494. The van der Waals surface area contributed by atoms with Gasteiger partial charge in [-0.3, -0.25) is 9.59 Å². The standard InChI is InChI=1S/C32H30Cl2N4O2/c1-32(15-17-10-21-12-22(16-32)24(21)11-17)38-31(40)19-4-2-18(3-5-19)29-36-27-9-7-23(14-28(27)37-29)35-30(39)20-6-8-25(33)26(34)13-20/h2-9,13-14,17,21-22,24H,10-12,15-16H2,1H3,(H,35,39)(H,36,37)(H,38,40)/t17-,21+,22-,24?,32?/m0/s1. The Balaban J connectivity index is 1.04. The van der Waals surface area contributed by atoms with Gasteiger partial charge in [0.2, 0.25) is 0 Å². The van der Waals surface area contributed by atoms with Gasteiger partial charge in [0, 0.05) is 27.9 Å². The number of carbonyl (C=O) groups excluding carboxylic acids is 2. The quantitative estimate of drug-likeness (QED) is 0.228. The summed E-state index contributed by atoms with van der Waals surface area (Å²) in [5.41, 5.74) is 4.03. The third-order valence-electron chi connectivity index (χ3n) is 9.27. The van der Waals surface area contributed by atoms with E-state index in [-0.39, 0.29) is 17.4 Å². The summed E-state index contributed by atoms with van der Waals surface area (Å²) in [5.74, 6) is 3.81. The van der Waals surface area contributed by atoms with Crippen molar-refractivity contribution in [2.75, 3.05) is 5.32 Å². The number of fused-ring (bicyclic) bond motifs is 2. The molecule has 40 heavy (non-hydrogen) atoms. The molecule has 5 atom stereocenters. The number of anilines is 1. The lowest BCUT2D eigenvalue weighted by Crippen LogP contribution is -2.50. The van der Waals surface area contributed by atoms with E-state index in [0.29, 0.717) is 32.7 Å². The highest BCUT2D eigenvalue weighted by Crippen LogP contribution is 2.60.